The molecule has 0 saturated carbocycles. The Labute approximate surface area is 183 Å². The smallest absolute Gasteiger partial charge is 0.453 e. The van der Waals surface area contributed by atoms with Crippen molar-refractivity contribution in [3.8, 4) is 0 Å². The molecule has 0 aliphatic carbocycles. The van der Waals surface area contributed by atoms with Crippen LogP contribution in [0.3, 0.4) is 0 Å². The highest BCUT2D eigenvalue weighted by atomic mass is 28.4. The van der Waals surface area contributed by atoms with Crippen LogP contribution >= 0.6 is 0 Å². The van der Waals surface area contributed by atoms with Crippen molar-refractivity contribution >= 4 is 18.1 Å². The summed E-state index contributed by atoms with van der Waals surface area (Å²) >= 11 is 0. The molecule has 0 heterocycles. The van der Waals surface area contributed by atoms with Gasteiger partial charge in [-0.15, -0.1) is 6.58 Å². The van der Waals surface area contributed by atoms with Crippen LogP contribution in [0.5, 0.6) is 0 Å². The van der Waals surface area contributed by atoms with Gasteiger partial charge >= 0.3 is 47.6 Å². The standard InChI is InChI=1S/C14H13F17OSi2/c1-4-34(2,3)32-33-6-5-7(15,16)8(17,18)9(19,20)10(21,22)11(23,24)12(25,26)13(27,28)14(29,30)31/h4H,1,5-6H2,2-3H3. The van der Waals surface area contributed by atoms with E-state index in [4.69, 9.17) is 4.12 Å². The van der Waals surface area contributed by atoms with Gasteiger partial charge in [-0.25, -0.2) is 0 Å². The van der Waals surface area contributed by atoms with Crippen molar-refractivity contribution in [3.63, 3.8) is 0 Å². The molecule has 0 bridgehead atoms. The lowest BCUT2D eigenvalue weighted by molar-refractivity contribution is -0.461. The Kier molecular flexibility index (Phi) is 8.83. The van der Waals surface area contributed by atoms with Gasteiger partial charge in [0.25, 0.3) is 0 Å². The van der Waals surface area contributed by atoms with Gasteiger partial charge < -0.3 is 4.12 Å². The molecule has 0 saturated heterocycles. The normalized spacial score (nSPS) is 16.1. The molecule has 34 heavy (non-hydrogen) atoms. The summed E-state index contributed by atoms with van der Waals surface area (Å²) in [6.45, 7) is 6.03. The van der Waals surface area contributed by atoms with Crippen LogP contribution in [-0.4, -0.2) is 65.7 Å². The number of alkyl halides is 17. The molecule has 0 rings (SSSR count). The third-order valence-electron chi connectivity index (χ3n) is 4.15. The molecule has 0 aliphatic rings. The van der Waals surface area contributed by atoms with Crippen molar-refractivity contribution in [3.05, 3.63) is 12.3 Å². The summed E-state index contributed by atoms with van der Waals surface area (Å²) in [5.74, 6) is -56.0. The summed E-state index contributed by atoms with van der Waals surface area (Å²) in [6.07, 6.45) is -10.2. The van der Waals surface area contributed by atoms with E-state index in [1.807, 2.05) is 0 Å². The van der Waals surface area contributed by atoms with E-state index in [2.05, 4.69) is 6.58 Å². The van der Waals surface area contributed by atoms with Crippen LogP contribution in [0.15, 0.2) is 12.3 Å². The maximum absolute atomic E-state index is 13.7. The lowest BCUT2D eigenvalue weighted by Crippen LogP contribution is -2.74. The van der Waals surface area contributed by atoms with E-state index in [-0.39, 0.29) is 0 Å². The van der Waals surface area contributed by atoms with Gasteiger partial charge in [-0.05, 0) is 19.1 Å². The van der Waals surface area contributed by atoms with E-state index < -0.39 is 78.2 Å². The molecule has 0 aromatic rings. The molecule has 20 heteroatoms. The average Bonchev–Trinajstić information content (AvgIpc) is 2.63. The molecule has 0 spiro atoms. The largest absolute Gasteiger partial charge is 0.460 e. The second kappa shape index (κ2) is 9.11. The van der Waals surface area contributed by atoms with Crippen LogP contribution in [-0.2, 0) is 4.12 Å². The Morgan fingerprint density at radius 2 is 0.941 bits per heavy atom. The number of hydrogen-bond donors (Lipinski definition) is 0. The average molecular weight is 576 g/mol. The van der Waals surface area contributed by atoms with Gasteiger partial charge in [-0.1, -0.05) is 5.70 Å². The van der Waals surface area contributed by atoms with Gasteiger partial charge in [-0.3, -0.25) is 0 Å². The number of rotatable bonds is 12. The Morgan fingerprint density at radius 1 is 0.618 bits per heavy atom. The van der Waals surface area contributed by atoms with Crippen LogP contribution in [0.2, 0.25) is 19.1 Å². The summed E-state index contributed by atoms with van der Waals surface area (Å²) < 4.78 is 228. The highest BCUT2D eigenvalue weighted by Crippen LogP contribution is 2.64. The molecular formula is C14H13F17OSi2. The van der Waals surface area contributed by atoms with Gasteiger partial charge in [0.2, 0.25) is 9.76 Å². The summed E-state index contributed by atoms with van der Waals surface area (Å²) in [6, 6.07) is -1.28. The minimum atomic E-state index is -8.60. The first kappa shape index (κ1) is 32.9. The van der Waals surface area contributed by atoms with Crippen LogP contribution in [0.4, 0.5) is 74.6 Å². The maximum atomic E-state index is 13.7. The molecular weight excluding hydrogens is 563 g/mol. The highest BCUT2D eigenvalue weighted by Gasteiger charge is 2.95. The maximum Gasteiger partial charge on any atom is 0.460 e. The fourth-order valence-electron chi connectivity index (χ4n) is 1.84. The Hall–Kier alpha value is -1.06. The molecule has 0 N–H and O–H groups in total. The second-order valence-electron chi connectivity index (χ2n) is 7.20. The summed E-state index contributed by atoms with van der Waals surface area (Å²) in [7, 11) is -3.90. The molecule has 0 aromatic carbocycles. The molecule has 1 nitrogen and oxygen atoms in total. The van der Waals surface area contributed by atoms with Crippen molar-refractivity contribution in [2.45, 2.75) is 73.2 Å². The fourth-order valence-corrected chi connectivity index (χ4v) is 4.49. The van der Waals surface area contributed by atoms with E-state index in [1.54, 1.807) is 0 Å². The predicted octanol–water partition coefficient (Wildman–Crippen LogP) is 7.37. The molecule has 0 aromatic heterocycles. The summed E-state index contributed by atoms with van der Waals surface area (Å²) in [4.78, 5) is 0. The quantitative estimate of drug-likeness (QED) is 0.134. The van der Waals surface area contributed by atoms with Gasteiger partial charge in [0, 0.05) is 6.42 Å². The third kappa shape index (κ3) is 5.07. The predicted molar refractivity (Wildman–Crippen MR) is 84.6 cm³/mol. The topological polar surface area (TPSA) is 9.23 Å². The zero-order valence-electron chi connectivity index (χ0n) is 16.5. The molecule has 2 radical (unpaired) electrons. The number of hydrogen-bond acceptors (Lipinski definition) is 1. The summed E-state index contributed by atoms with van der Waals surface area (Å²) in [5.41, 5.74) is 1.19. The molecule has 0 amide bonds. The fraction of sp³-hybridized carbons (Fsp3) is 0.857. The van der Waals surface area contributed by atoms with Crippen LogP contribution < -0.4 is 0 Å². The van der Waals surface area contributed by atoms with Crippen molar-refractivity contribution in [2.75, 3.05) is 0 Å². The summed E-state index contributed by atoms with van der Waals surface area (Å²) in [5, 5.41) is 0. The molecule has 0 fully saturated rings. The Bertz CT molecular complexity index is 728. The molecule has 0 unspecified atom stereocenters. The monoisotopic (exact) mass is 576 g/mol. The van der Waals surface area contributed by atoms with Crippen molar-refractivity contribution in [1.82, 2.24) is 0 Å². The molecule has 0 aliphatic heterocycles. The Balaban J connectivity index is 6.23. The minimum absolute atomic E-state index is 1.17. The van der Waals surface area contributed by atoms with Gasteiger partial charge in [0.1, 0.15) is 0 Å². The first-order valence-electron chi connectivity index (χ1n) is 8.27. The second-order valence-corrected chi connectivity index (χ2v) is 12.4. The number of halogens is 17. The SMILES string of the molecule is C=C[Si](C)(C)O[Si]CCC(F)(F)C(F)(F)C(F)(F)C(F)(F)C(F)(F)C(F)(F)C(F)(F)C(F)(F)F. The van der Waals surface area contributed by atoms with Crippen molar-refractivity contribution in [2.24, 2.45) is 0 Å². The van der Waals surface area contributed by atoms with Crippen LogP contribution in [0.1, 0.15) is 6.42 Å². The van der Waals surface area contributed by atoms with Crippen LogP contribution in [0.25, 0.3) is 0 Å². The third-order valence-corrected chi connectivity index (χ3v) is 8.27. The zero-order valence-corrected chi connectivity index (χ0v) is 18.5. The van der Waals surface area contributed by atoms with E-state index in [0.717, 1.165) is 0 Å². The minimum Gasteiger partial charge on any atom is -0.453 e. The Morgan fingerprint density at radius 3 is 1.26 bits per heavy atom. The first-order valence-corrected chi connectivity index (χ1v) is 12.4. The highest BCUT2D eigenvalue weighted by molar-refractivity contribution is 6.79. The van der Waals surface area contributed by atoms with Crippen molar-refractivity contribution in [1.29, 1.82) is 0 Å². The zero-order chi connectivity index (χ0) is 28.0. The van der Waals surface area contributed by atoms with Gasteiger partial charge in [0.15, 0.2) is 8.32 Å². The van der Waals surface area contributed by atoms with E-state index in [9.17, 15) is 74.6 Å². The van der Waals surface area contributed by atoms with Gasteiger partial charge in [0.05, 0.1) is 0 Å². The molecule has 0 atom stereocenters. The van der Waals surface area contributed by atoms with E-state index in [1.165, 1.54) is 18.8 Å². The first-order chi connectivity index (χ1) is 14.5. The van der Waals surface area contributed by atoms with E-state index >= 15 is 0 Å². The van der Waals surface area contributed by atoms with E-state index in [0.29, 0.717) is 0 Å². The lowest BCUT2D eigenvalue weighted by Gasteiger charge is -2.42. The van der Waals surface area contributed by atoms with Crippen molar-refractivity contribution < 1.29 is 78.8 Å². The lowest BCUT2D eigenvalue weighted by atomic mass is 9.88. The molecule has 202 valence electrons. The van der Waals surface area contributed by atoms with Gasteiger partial charge in [-0.2, -0.15) is 74.6 Å². The van der Waals surface area contributed by atoms with Crippen LogP contribution in [0, 0.1) is 0 Å².